The van der Waals surface area contributed by atoms with E-state index in [4.69, 9.17) is 19.3 Å². The third kappa shape index (κ3) is 10.3. The highest BCUT2D eigenvalue weighted by Gasteiger charge is 2.34. The Morgan fingerprint density at radius 2 is 1.77 bits per heavy atom. The van der Waals surface area contributed by atoms with Crippen molar-refractivity contribution in [2.24, 2.45) is 0 Å². The molecule has 3 atom stereocenters. The summed E-state index contributed by atoms with van der Waals surface area (Å²) in [5.41, 5.74) is -0.425. The summed E-state index contributed by atoms with van der Waals surface area (Å²) in [6, 6.07) is 5.05. The monoisotopic (exact) mass is 599 g/mol. The number of nitrogens with zero attached hydrogens (tertiary/aromatic N) is 4. The maximum atomic E-state index is 13.7. The van der Waals surface area contributed by atoms with Gasteiger partial charge >= 0.3 is 12.2 Å². The van der Waals surface area contributed by atoms with Gasteiger partial charge in [0.25, 0.3) is 0 Å². The van der Waals surface area contributed by atoms with Gasteiger partial charge < -0.3 is 24.6 Å². The number of ether oxygens (including phenoxy) is 3. The Balaban J connectivity index is 1.87. The first-order chi connectivity index (χ1) is 19.8. The molecule has 1 saturated carbocycles. The van der Waals surface area contributed by atoms with E-state index in [0.29, 0.717) is 23.8 Å². The summed E-state index contributed by atoms with van der Waals surface area (Å²) in [6.45, 7) is 19.0. The first kappa shape index (κ1) is 33.9. The summed E-state index contributed by atoms with van der Waals surface area (Å²) in [5, 5.41) is 17.8. The smallest absolute Gasteiger partial charge is 0.420 e. The van der Waals surface area contributed by atoms with E-state index >= 15 is 0 Å². The van der Waals surface area contributed by atoms with Crippen molar-refractivity contribution in [3.8, 4) is 5.88 Å². The SMILES string of the molecule is C[C@H](/C=C/COc1cc(N(C(=O)OC(C)(C)C)c2cc([C@H]3CC[C@@H](O)C3)nn2C(C)(C)C)ccn1)NC(=O)OC(C)(C)C. The Morgan fingerprint density at radius 3 is 2.35 bits per heavy atom. The molecule has 2 heterocycles. The van der Waals surface area contributed by atoms with E-state index in [0.717, 1.165) is 18.5 Å². The van der Waals surface area contributed by atoms with Gasteiger partial charge in [0, 0.05) is 30.3 Å². The van der Waals surface area contributed by atoms with E-state index in [1.54, 1.807) is 30.5 Å². The fourth-order valence-electron chi connectivity index (χ4n) is 4.66. The Morgan fingerprint density at radius 1 is 1.09 bits per heavy atom. The number of hydrogen-bond acceptors (Lipinski definition) is 8. The second-order valence-corrected chi connectivity index (χ2v) is 14.0. The standard InChI is InChI=1S/C32H49N5O6/c1-21(34-28(39)42-31(5,6)7)12-11-17-41-26-19-23(15-16-33-26)36(29(40)43-32(8,9)10)27-20-25(22-13-14-24(38)18-22)35-37(27)30(2,3)4/h11-12,15-16,19-22,24,38H,13-14,17-18H2,1-10H3,(H,34,39)/b12-11+/t21-,22+,24-/m1/s1. The van der Waals surface area contributed by atoms with Gasteiger partial charge in [-0.25, -0.2) is 24.2 Å². The van der Waals surface area contributed by atoms with Crippen LogP contribution in [0.25, 0.3) is 0 Å². The number of carbonyl (C=O) groups excluding carboxylic acids is 2. The van der Waals surface area contributed by atoms with Crippen LogP contribution in [0.5, 0.6) is 5.88 Å². The second kappa shape index (κ2) is 13.4. The number of rotatable bonds is 8. The van der Waals surface area contributed by atoms with Gasteiger partial charge in [0.2, 0.25) is 5.88 Å². The molecule has 2 aromatic rings. The molecule has 43 heavy (non-hydrogen) atoms. The number of aliphatic hydroxyl groups excluding tert-OH is 1. The van der Waals surface area contributed by atoms with Crippen molar-refractivity contribution in [1.82, 2.24) is 20.1 Å². The first-order valence-electron chi connectivity index (χ1n) is 14.9. The molecule has 2 N–H and O–H groups in total. The predicted octanol–water partition coefficient (Wildman–Crippen LogP) is 6.58. The van der Waals surface area contributed by atoms with Gasteiger partial charge in [-0.1, -0.05) is 6.08 Å². The van der Waals surface area contributed by atoms with Crippen molar-refractivity contribution >= 4 is 23.7 Å². The van der Waals surface area contributed by atoms with Gasteiger partial charge in [-0.2, -0.15) is 5.10 Å². The second-order valence-electron chi connectivity index (χ2n) is 14.0. The molecule has 0 saturated heterocycles. The van der Waals surface area contributed by atoms with Gasteiger partial charge in [-0.05, 0) is 101 Å². The zero-order chi connectivity index (χ0) is 32.2. The molecule has 238 valence electrons. The highest BCUT2D eigenvalue weighted by Crippen LogP contribution is 2.39. The summed E-state index contributed by atoms with van der Waals surface area (Å²) in [5.74, 6) is 0.967. The number of hydrogen-bond donors (Lipinski definition) is 2. The number of aromatic nitrogens is 3. The van der Waals surface area contributed by atoms with Crippen LogP contribution in [0.4, 0.5) is 21.1 Å². The van der Waals surface area contributed by atoms with Crippen LogP contribution in [0.15, 0.2) is 36.5 Å². The van der Waals surface area contributed by atoms with Crippen LogP contribution in [0.1, 0.15) is 100 Å². The molecule has 2 amide bonds. The summed E-state index contributed by atoms with van der Waals surface area (Å²) in [7, 11) is 0. The van der Waals surface area contributed by atoms with E-state index < -0.39 is 28.9 Å². The molecular formula is C32H49N5O6. The average Bonchev–Trinajstić information content (AvgIpc) is 3.46. The fraction of sp³-hybridized carbons (Fsp3) is 0.625. The number of nitrogens with one attached hydrogen (secondary N) is 1. The quantitative estimate of drug-likeness (QED) is 0.326. The van der Waals surface area contributed by atoms with E-state index in [1.165, 1.54) is 4.90 Å². The molecule has 0 radical (unpaired) electrons. The zero-order valence-electron chi connectivity index (χ0n) is 27.3. The zero-order valence-corrected chi connectivity index (χ0v) is 27.3. The van der Waals surface area contributed by atoms with Crippen molar-refractivity contribution in [1.29, 1.82) is 0 Å². The fourth-order valence-corrected chi connectivity index (χ4v) is 4.66. The van der Waals surface area contributed by atoms with Crippen LogP contribution < -0.4 is 15.0 Å². The van der Waals surface area contributed by atoms with Crippen molar-refractivity contribution in [3.05, 3.63) is 42.2 Å². The molecule has 0 bridgehead atoms. The molecule has 0 aromatic carbocycles. The van der Waals surface area contributed by atoms with Crippen molar-refractivity contribution < 1.29 is 28.9 Å². The molecule has 0 aliphatic heterocycles. The van der Waals surface area contributed by atoms with Gasteiger partial charge in [-0.3, -0.25) is 0 Å². The van der Waals surface area contributed by atoms with E-state index in [1.807, 2.05) is 80.0 Å². The van der Waals surface area contributed by atoms with Crippen LogP contribution in [0.2, 0.25) is 0 Å². The van der Waals surface area contributed by atoms with E-state index in [2.05, 4.69) is 10.3 Å². The normalized spacial score (nSPS) is 18.4. The molecule has 1 fully saturated rings. The molecule has 0 unspecified atom stereocenters. The molecule has 1 aliphatic carbocycles. The third-order valence-corrected chi connectivity index (χ3v) is 6.45. The lowest BCUT2D eigenvalue weighted by atomic mass is 10.0. The number of carbonyl (C=O) groups is 2. The Hall–Kier alpha value is -3.60. The summed E-state index contributed by atoms with van der Waals surface area (Å²) >= 11 is 0. The molecule has 11 heteroatoms. The van der Waals surface area contributed by atoms with E-state index in [9.17, 15) is 14.7 Å². The van der Waals surface area contributed by atoms with Crippen LogP contribution >= 0.6 is 0 Å². The van der Waals surface area contributed by atoms with Crippen LogP contribution in [0, 0.1) is 0 Å². The molecule has 2 aromatic heterocycles. The maximum Gasteiger partial charge on any atom is 0.420 e. The third-order valence-electron chi connectivity index (χ3n) is 6.45. The topological polar surface area (TPSA) is 128 Å². The van der Waals surface area contributed by atoms with Crippen LogP contribution in [-0.2, 0) is 15.0 Å². The first-order valence-corrected chi connectivity index (χ1v) is 14.9. The maximum absolute atomic E-state index is 13.7. The molecule has 0 spiro atoms. The van der Waals surface area contributed by atoms with Crippen molar-refractivity contribution in [3.63, 3.8) is 0 Å². The van der Waals surface area contributed by atoms with Crippen molar-refractivity contribution in [2.45, 2.75) is 123 Å². The number of anilines is 2. The average molecular weight is 600 g/mol. The van der Waals surface area contributed by atoms with Gasteiger partial charge in [0.05, 0.1) is 23.0 Å². The molecular weight excluding hydrogens is 550 g/mol. The molecule has 1 aliphatic rings. The van der Waals surface area contributed by atoms with Crippen LogP contribution in [0.3, 0.4) is 0 Å². The largest absolute Gasteiger partial charge is 0.473 e. The summed E-state index contributed by atoms with van der Waals surface area (Å²) < 4.78 is 18.8. The van der Waals surface area contributed by atoms with Crippen molar-refractivity contribution in [2.75, 3.05) is 11.5 Å². The minimum absolute atomic E-state index is 0.105. The Labute approximate surface area is 255 Å². The Kier molecular flexibility index (Phi) is 10.5. The highest BCUT2D eigenvalue weighted by atomic mass is 16.6. The lowest BCUT2D eigenvalue weighted by Gasteiger charge is -2.30. The lowest BCUT2D eigenvalue weighted by Crippen LogP contribution is -2.37. The predicted molar refractivity (Wildman–Crippen MR) is 166 cm³/mol. The number of amides is 2. The summed E-state index contributed by atoms with van der Waals surface area (Å²) in [6.07, 6.45) is 5.95. The van der Waals surface area contributed by atoms with Gasteiger partial charge in [0.15, 0.2) is 0 Å². The number of aliphatic hydroxyl groups is 1. The van der Waals surface area contributed by atoms with E-state index in [-0.39, 0.29) is 24.7 Å². The highest BCUT2D eigenvalue weighted by molar-refractivity contribution is 5.95. The molecule has 11 nitrogen and oxygen atoms in total. The lowest BCUT2D eigenvalue weighted by molar-refractivity contribution is 0.0516. The van der Waals surface area contributed by atoms with Gasteiger partial charge in [-0.15, -0.1) is 0 Å². The number of pyridine rings is 1. The Bertz CT molecular complexity index is 1280. The van der Waals surface area contributed by atoms with Gasteiger partial charge in [0.1, 0.15) is 23.6 Å². The van der Waals surface area contributed by atoms with Crippen LogP contribution in [-0.4, -0.2) is 62.0 Å². The summed E-state index contributed by atoms with van der Waals surface area (Å²) in [4.78, 5) is 31.6. The molecule has 3 rings (SSSR count). The minimum atomic E-state index is -0.735. The number of alkyl carbamates (subject to hydrolysis) is 1. The minimum Gasteiger partial charge on any atom is -0.473 e.